The predicted molar refractivity (Wildman–Crippen MR) is 506 cm³/mol. The number of amides is 3. The minimum atomic E-state index is -0.00483. The average molecular weight is 1720 g/mol. The van der Waals surface area contributed by atoms with Crippen LogP contribution in [0.15, 0.2) is 274 Å². The molecule has 4 aliphatic rings. The summed E-state index contributed by atoms with van der Waals surface area (Å²) >= 11 is 19.6. The Morgan fingerprint density at radius 2 is 1.19 bits per heavy atom. The summed E-state index contributed by atoms with van der Waals surface area (Å²) in [4.78, 5) is 66.1. The maximum atomic E-state index is 13.1. The van der Waals surface area contributed by atoms with Gasteiger partial charge in [0.05, 0.1) is 58.0 Å². The molecule has 0 bridgehead atoms. The highest BCUT2D eigenvalue weighted by atomic mass is 35.5. The standard InChI is InChI=1S/C25H27NO2S.C21H22N2OS.C19H16ClNO2S.C19H16ClNOS.C18H16O2/c1-28-24-12-5-4-11-23(24)20-13-15-26(16-14-20)25(27)18-29-17-21-9-6-8-19-7-2-3-10-22(19)21;24-21(20-10-4-15-25-20)23-12-5-11-22(13-14-23)16-18-8-3-7-17-6-1-2-9-19(17)18;1-22-14-9-11-7-8-21-18(13(11)10-15(14)23-2)19-17(20)12-5-3-4-6-16(12)24-19;1-12-8-9-15-13(11-12)5-4-10-21(15)19(22)18-17(20)14-6-2-3-7-16(14)23-18;1-12(2)13-7-9-14(10-8-13)18-11-16(19)15-5-3-4-6-17(15)20-18/h2-12,20H,13-18H2,1H3;1-4,6-10,15H,5,11-14,16H2;3-6,9-10H,7-8H2,1-2H3;2-3,6-9,11H,4-5,10H2,1H3;3-12H,1-2H3. The minimum absolute atomic E-state index is 0.00483. The summed E-state index contributed by atoms with van der Waals surface area (Å²) in [7, 11) is 5.03. The number of aliphatic imine (C=N–C) groups is 1. The second-order valence-electron chi connectivity index (χ2n) is 30.8. The van der Waals surface area contributed by atoms with E-state index in [1.54, 1.807) is 56.6 Å². The normalized spacial score (nSPS) is 14.1. The molecular formula is C102H97Cl2N5O8S4. The van der Waals surface area contributed by atoms with Crippen molar-refractivity contribution in [3.8, 4) is 28.6 Å². The second-order valence-corrected chi connectivity index (χ2v) is 35.6. The third-order valence-corrected chi connectivity index (χ3v) is 27.9. The highest BCUT2D eigenvalue weighted by molar-refractivity contribution is 7.99. The lowest BCUT2D eigenvalue weighted by atomic mass is 9.89. The van der Waals surface area contributed by atoms with Gasteiger partial charge in [-0.3, -0.25) is 29.1 Å². The number of likely N-dealkylation sites (tertiary alicyclic amines) is 1. The number of nitrogens with zero attached hydrogens (tertiary/aromatic N) is 5. The molecule has 13 nitrogen and oxygen atoms in total. The Kier molecular flexibility index (Phi) is 28.3. The van der Waals surface area contributed by atoms with Crippen molar-refractivity contribution >= 4 is 151 Å². The van der Waals surface area contributed by atoms with E-state index in [0.29, 0.717) is 50.0 Å². The molecule has 121 heavy (non-hydrogen) atoms. The van der Waals surface area contributed by atoms with E-state index in [1.807, 2.05) is 123 Å². The van der Waals surface area contributed by atoms with Crippen LogP contribution in [-0.2, 0) is 29.9 Å². The van der Waals surface area contributed by atoms with E-state index in [9.17, 15) is 19.2 Å². The molecule has 19 heteroatoms. The molecule has 3 amide bonds. The Balaban J connectivity index is 0.000000118. The smallest absolute Gasteiger partial charge is 0.269 e. The van der Waals surface area contributed by atoms with E-state index in [0.717, 1.165) is 167 Å². The summed E-state index contributed by atoms with van der Waals surface area (Å²) < 4.78 is 24.5. The minimum Gasteiger partial charge on any atom is -0.496 e. The lowest BCUT2D eigenvalue weighted by molar-refractivity contribution is -0.129. The first kappa shape index (κ1) is 85.1. The molecule has 4 aliphatic heterocycles. The quantitative estimate of drug-likeness (QED) is 0.0976. The monoisotopic (exact) mass is 1720 g/mol. The Labute approximate surface area is 733 Å². The number of methoxy groups -OCH3 is 3. The van der Waals surface area contributed by atoms with Crippen molar-refractivity contribution in [1.29, 1.82) is 0 Å². The summed E-state index contributed by atoms with van der Waals surface area (Å²) in [6, 6.07) is 85.6. The van der Waals surface area contributed by atoms with Crippen LogP contribution in [0.2, 0.25) is 10.0 Å². The molecule has 0 unspecified atom stereocenters. The number of rotatable bonds is 15. The number of carbonyl (C=O) groups is 3. The Morgan fingerprint density at radius 3 is 1.88 bits per heavy atom. The Morgan fingerprint density at radius 1 is 0.554 bits per heavy atom. The maximum absolute atomic E-state index is 13.1. The number of anilines is 1. The van der Waals surface area contributed by atoms with Crippen molar-refractivity contribution < 1.29 is 33.0 Å². The van der Waals surface area contributed by atoms with E-state index < -0.39 is 0 Å². The van der Waals surface area contributed by atoms with Crippen molar-refractivity contribution in [3.05, 3.63) is 340 Å². The number of carbonyl (C=O) groups excluding carboxylic acids is 3. The third kappa shape index (κ3) is 20.0. The number of hydrogen-bond acceptors (Lipinski definition) is 14. The molecule has 0 aliphatic carbocycles. The molecule has 19 rings (SSSR count). The zero-order chi connectivity index (χ0) is 83.9. The largest absolute Gasteiger partial charge is 0.496 e. The topological polar surface area (TPSA) is 134 Å². The van der Waals surface area contributed by atoms with Gasteiger partial charge in [-0.25, -0.2) is 0 Å². The van der Waals surface area contributed by atoms with Crippen molar-refractivity contribution in [2.45, 2.75) is 83.4 Å². The van der Waals surface area contributed by atoms with Gasteiger partial charge in [-0.15, -0.1) is 45.8 Å². The van der Waals surface area contributed by atoms with Crippen LogP contribution in [0.4, 0.5) is 5.69 Å². The summed E-state index contributed by atoms with van der Waals surface area (Å²) in [5.74, 6) is 5.87. The summed E-state index contributed by atoms with van der Waals surface area (Å²) in [5.41, 5.74) is 13.5. The molecule has 0 N–H and O–H groups in total. The molecule has 0 radical (unpaired) electrons. The van der Waals surface area contributed by atoms with E-state index in [4.69, 9.17) is 46.8 Å². The van der Waals surface area contributed by atoms with Crippen molar-refractivity contribution in [3.63, 3.8) is 0 Å². The molecule has 8 heterocycles. The van der Waals surface area contributed by atoms with Gasteiger partial charge in [0.25, 0.3) is 11.8 Å². The average Bonchev–Trinajstić information content (AvgIpc) is 1.63. The molecule has 4 aromatic heterocycles. The first-order chi connectivity index (χ1) is 59.1. The third-order valence-electron chi connectivity index (χ3n) is 22.8. The summed E-state index contributed by atoms with van der Waals surface area (Å²) in [6.45, 7) is 14.1. The number of thioether (sulfide) groups is 1. The number of hydrogen-bond donors (Lipinski definition) is 0. The van der Waals surface area contributed by atoms with Gasteiger partial charge in [-0.2, -0.15) is 0 Å². The van der Waals surface area contributed by atoms with Crippen molar-refractivity contribution in [2.24, 2.45) is 4.99 Å². The van der Waals surface area contributed by atoms with Gasteiger partial charge >= 0.3 is 0 Å². The molecule has 0 atom stereocenters. The molecule has 11 aromatic carbocycles. The fourth-order valence-corrected chi connectivity index (χ4v) is 21.0. The van der Waals surface area contributed by atoms with E-state index in [-0.39, 0.29) is 23.2 Å². The maximum Gasteiger partial charge on any atom is 0.269 e. The van der Waals surface area contributed by atoms with E-state index in [1.165, 1.54) is 87.9 Å². The number of para-hydroxylation sites is 2. The van der Waals surface area contributed by atoms with E-state index in [2.05, 4.69) is 165 Å². The van der Waals surface area contributed by atoms with Gasteiger partial charge in [0, 0.05) is 108 Å². The van der Waals surface area contributed by atoms with Crippen molar-refractivity contribution in [2.75, 3.05) is 84.3 Å². The van der Waals surface area contributed by atoms with Crippen LogP contribution in [-0.4, -0.2) is 118 Å². The fourth-order valence-electron chi connectivity index (χ4n) is 16.3. The van der Waals surface area contributed by atoms with Crippen molar-refractivity contribution in [1.82, 2.24) is 14.7 Å². The highest BCUT2D eigenvalue weighted by Crippen LogP contribution is 2.43. The van der Waals surface area contributed by atoms with E-state index >= 15 is 0 Å². The summed E-state index contributed by atoms with van der Waals surface area (Å²) in [5, 5.41) is 11.2. The molecular weight excluding hydrogens is 1620 g/mol. The zero-order valence-corrected chi connectivity index (χ0v) is 73.7. The fraction of sp³-hybridized carbons (Fsp3) is 0.245. The highest BCUT2D eigenvalue weighted by Gasteiger charge is 2.30. The number of piperidine rings is 1. The molecule has 616 valence electrons. The van der Waals surface area contributed by atoms with Gasteiger partial charge in [0.2, 0.25) is 5.91 Å². The van der Waals surface area contributed by atoms with Crippen LogP contribution in [0.25, 0.3) is 64.0 Å². The molecule has 0 saturated carbocycles. The van der Waals surface area contributed by atoms with Gasteiger partial charge in [0.1, 0.15) is 22.0 Å². The number of halogens is 2. The lowest BCUT2D eigenvalue weighted by Crippen LogP contribution is -2.39. The molecule has 15 aromatic rings. The number of fused-ring (bicyclic) bond motifs is 7. The Bertz CT molecular complexity index is 6260. The van der Waals surface area contributed by atoms with Crippen LogP contribution in [0.1, 0.15) is 120 Å². The van der Waals surface area contributed by atoms with Crippen LogP contribution < -0.4 is 24.5 Å². The number of ether oxygens (including phenoxy) is 3. The van der Waals surface area contributed by atoms with Crippen LogP contribution in [0.5, 0.6) is 17.2 Å². The number of thiophene rings is 3. The lowest BCUT2D eigenvalue weighted by Gasteiger charge is -2.32. The second kappa shape index (κ2) is 40.2. The predicted octanol–water partition coefficient (Wildman–Crippen LogP) is 24.7. The summed E-state index contributed by atoms with van der Waals surface area (Å²) in [6.07, 6.45) is 5.94. The first-order valence-corrected chi connectivity index (χ1v) is 45.7. The zero-order valence-electron chi connectivity index (χ0n) is 68.9. The Hall–Kier alpha value is -10.9. The van der Waals surface area contributed by atoms with Crippen LogP contribution >= 0.6 is 69.0 Å². The molecule has 0 spiro atoms. The molecule has 2 fully saturated rings. The SMILES string of the molecule is CC(C)c1ccc(-c2cc(=O)c3ccccc3o2)cc1.COc1cc2c(cc1OC)C(c1sc3ccccc3c1Cl)=NCC2.COc1ccccc1C1CCN(C(=O)CSCc2cccc3ccccc23)CC1.Cc1ccc2c(c1)CCCN2C(=O)c1sc2ccccc2c1Cl.O=C(c1cccs1)N1CCCN(Cc2cccc3ccccc23)CC1. The van der Waals surface area contributed by atoms with Crippen LogP contribution in [0.3, 0.4) is 0 Å². The first-order valence-electron chi connectivity index (χ1n) is 41.3. The number of aryl methyl sites for hydroxylation is 2. The van der Waals surface area contributed by atoms with Gasteiger partial charge in [-0.1, -0.05) is 237 Å². The van der Waals surface area contributed by atoms with Gasteiger partial charge < -0.3 is 33.3 Å². The van der Waals surface area contributed by atoms with Crippen LogP contribution in [0, 0.1) is 6.92 Å². The van der Waals surface area contributed by atoms with Gasteiger partial charge in [-0.05, 0) is 172 Å². The molecule has 2 saturated heterocycles. The number of benzene rings is 11. The van der Waals surface area contributed by atoms with Gasteiger partial charge in [0.15, 0.2) is 16.9 Å².